The third-order valence-corrected chi connectivity index (χ3v) is 4.83. The molecule has 10 heteroatoms. The van der Waals surface area contributed by atoms with Gasteiger partial charge in [-0.3, -0.25) is 19.9 Å². The lowest BCUT2D eigenvalue weighted by molar-refractivity contribution is -0.385. The second-order valence-electron chi connectivity index (χ2n) is 6.63. The van der Waals surface area contributed by atoms with Gasteiger partial charge in [0.25, 0.3) is 11.6 Å². The first-order valence-corrected chi connectivity index (χ1v) is 9.49. The van der Waals surface area contributed by atoms with Gasteiger partial charge in [-0.05, 0) is 25.1 Å². The average molecular weight is 482 g/mol. The predicted molar refractivity (Wildman–Crippen MR) is 108 cm³/mol. The number of benzene rings is 2. The number of carbonyl (C=O) groups excluding carboxylic acids is 1. The molecule has 30 heavy (non-hydrogen) atoms. The Labute approximate surface area is 177 Å². The van der Waals surface area contributed by atoms with E-state index in [1.54, 1.807) is 25.1 Å². The van der Waals surface area contributed by atoms with Crippen LogP contribution in [0.25, 0.3) is 10.9 Å². The lowest BCUT2D eigenvalue weighted by Crippen LogP contribution is -2.38. The van der Waals surface area contributed by atoms with E-state index in [0.29, 0.717) is 26.0 Å². The molecule has 0 unspecified atom stereocenters. The van der Waals surface area contributed by atoms with Gasteiger partial charge in [-0.15, -0.1) is 0 Å². The largest absolute Gasteiger partial charge is 0.406 e. The van der Waals surface area contributed by atoms with Crippen LogP contribution in [0.1, 0.15) is 21.6 Å². The molecule has 1 aromatic heterocycles. The molecule has 1 heterocycles. The van der Waals surface area contributed by atoms with E-state index in [-0.39, 0.29) is 16.8 Å². The van der Waals surface area contributed by atoms with Gasteiger partial charge in [0, 0.05) is 27.2 Å². The van der Waals surface area contributed by atoms with Crippen LogP contribution in [0.2, 0.25) is 0 Å². The number of amides is 1. The van der Waals surface area contributed by atoms with E-state index >= 15 is 0 Å². The topological polar surface area (TPSA) is 76.3 Å². The zero-order valence-corrected chi connectivity index (χ0v) is 17.2. The van der Waals surface area contributed by atoms with Gasteiger partial charge in [-0.25, -0.2) is 0 Å². The number of pyridine rings is 1. The Morgan fingerprint density at radius 1 is 1.20 bits per heavy atom. The van der Waals surface area contributed by atoms with Crippen molar-refractivity contribution >= 4 is 38.4 Å². The molecule has 6 nitrogen and oxygen atoms in total. The molecule has 3 aromatic rings. The Balaban J connectivity index is 2.08. The number of hydrogen-bond acceptors (Lipinski definition) is 4. The fourth-order valence-corrected chi connectivity index (χ4v) is 3.47. The number of halogens is 4. The van der Waals surface area contributed by atoms with Crippen molar-refractivity contribution in [2.45, 2.75) is 19.6 Å². The number of hydrogen-bond donors (Lipinski definition) is 0. The van der Waals surface area contributed by atoms with Crippen molar-refractivity contribution in [3.63, 3.8) is 0 Å². The molecular formula is C20H15BrF3N3O3. The van der Waals surface area contributed by atoms with E-state index in [2.05, 4.69) is 20.9 Å². The highest BCUT2D eigenvalue weighted by atomic mass is 79.9. The summed E-state index contributed by atoms with van der Waals surface area (Å²) in [6.45, 7) is -0.473. The van der Waals surface area contributed by atoms with E-state index in [4.69, 9.17) is 0 Å². The van der Waals surface area contributed by atoms with Crippen LogP contribution >= 0.6 is 15.9 Å². The first-order valence-electron chi connectivity index (χ1n) is 8.70. The Morgan fingerprint density at radius 2 is 1.90 bits per heavy atom. The second kappa shape index (κ2) is 8.39. The van der Waals surface area contributed by atoms with Gasteiger partial charge < -0.3 is 4.90 Å². The lowest BCUT2D eigenvalue weighted by atomic mass is 10.1. The normalized spacial score (nSPS) is 11.5. The van der Waals surface area contributed by atoms with Crippen LogP contribution in [0.5, 0.6) is 0 Å². The molecule has 0 spiro atoms. The minimum Gasteiger partial charge on any atom is -0.325 e. The van der Waals surface area contributed by atoms with Gasteiger partial charge >= 0.3 is 6.18 Å². The van der Waals surface area contributed by atoms with Crippen molar-refractivity contribution < 1.29 is 22.9 Å². The van der Waals surface area contributed by atoms with Crippen molar-refractivity contribution in [2.75, 3.05) is 6.54 Å². The second-order valence-corrected chi connectivity index (χ2v) is 7.55. The Bertz CT molecular complexity index is 1130. The number of nitro groups is 1. The quantitative estimate of drug-likeness (QED) is 0.360. The highest BCUT2D eigenvalue weighted by molar-refractivity contribution is 9.10. The molecule has 2 aromatic carbocycles. The van der Waals surface area contributed by atoms with Crippen molar-refractivity contribution in [1.29, 1.82) is 0 Å². The van der Waals surface area contributed by atoms with E-state index < -0.39 is 30.1 Å². The maximum absolute atomic E-state index is 13.2. The number of para-hydroxylation sites is 1. The Kier molecular flexibility index (Phi) is 6.06. The van der Waals surface area contributed by atoms with Crippen LogP contribution in [-0.4, -0.2) is 33.4 Å². The fourth-order valence-electron chi connectivity index (χ4n) is 3.13. The molecule has 0 fully saturated rings. The van der Waals surface area contributed by atoms with Crippen molar-refractivity contribution in [2.24, 2.45) is 0 Å². The van der Waals surface area contributed by atoms with E-state index in [1.807, 2.05) is 0 Å². The van der Waals surface area contributed by atoms with Gasteiger partial charge in [0.1, 0.15) is 6.54 Å². The summed E-state index contributed by atoms with van der Waals surface area (Å²) in [4.78, 5) is 28.6. The van der Waals surface area contributed by atoms with Crippen LogP contribution < -0.4 is 0 Å². The van der Waals surface area contributed by atoms with E-state index in [0.717, 1.165) is 0 Å². The molecule has 0 saturated carbocycles. The maximum atomic E-state index is 13.2. The molecular weight excluding hydrogens is 467 g/mol. The summed E-state index contributed by atoms with van der Waals surface area (Å²) in [5.74, 6) is -0.886. The summed E-state index contributed by atoms with van der Waals surface area (Å²) in [5, 5.41) is 11.6. The Morgan fingerprint density at radius 3 is 2.57 bits per heavy atom. The van der Waals surface area contributed by atoms with Crippen LogP contribution in [0.3, 0.4) is 0 Å². The first-order chi connectivity index (χ1) is 14.0. The molecule has 0 N–H and O–H groups in total. The molecule has 3 rings (SSSR count). The van der Waals surface area contributed by atoms with Gasteiger partial charge in [0.15, 0.2) is 0 Å². The first kappa shape index (κ1) is 21.7. The number of fused-ring (bicyclic) bond motifs is 1. The van der Waals surface area contributed by atoms with Gasteiger partial charge in [-0.2, -0.15) is 13.2 Å². The summed E-state index contributed by atoms with van der Waals surface area (Å²) in [6, 6.07) is 11.7. The third kappa shape index (κ3) is 4.93. The smallest absolute Gasteiger partial charge is 0.325 e. The molecule has 0 bridgehead atoms. The monoisotopic (exact) mass is 481 g/mol. The average Bonchev–Trinajstić information content (AvgIpc) is 2.65. The number of aryl methyl sites for hydroxylation is 1. The summed E-state index contributed by atoms with van der Waals surface area (Å²) in [6.07, 6.45) is -4.68. The molecule has 0 saturated heterocycles. The number of nitro benzene ring substituents is 1. The summed E-state index contributed by atoms with van der Waals surface area (Å²) in [5.41, 5.74) is 0.620. The van der Waals surface area contributed by atoms with E-state index in [1.165, 1.54) is 30.3 Å². The number of aromatic nitrogens is 1. The van der Waals surface area contributed by atoms with Crippen LogP contribution in [0.4, 0.5) is 18.9 Å². The highest BCUT2D eigenvalue weighted by Crippen LogP contribution is 2.27. The maximum Gasteiger partial charge on any atom is 0.406 e. The SMILES string of the molecule is Cc1cc(C(=O)N(Cc2ccccc2[N+](=O)[O-])CC(F)(F)F)c2ccc(Br)cc2n1. The minimum absolute atomic E-state index is 0.0120. The molecule has 0 radical (unpaired) electrons. The number of alkyl halides is 3. The number of nitrogens with zero attached hydrogens (tertiary/aromatic N) is 3. The molecule has 0 aliphatic heterocycles. The molecule has 0 aliphatic carbocycles. The fraction of sp³-hybridized carbons (Fsp3) is 0.200. The Hall–Kier alpha value is -3.01. The zero-order chi connectivity index (χ0) is 22.1. The van der Waals surface area contributed by atoms with Crippen molar-refractivity contribution in [1.82, 2.24) is 9.88 Å². The van der Waals surface area contributed by atoms with Gasteiger partial charge in [0.05, 0.1) is 22.5 Å². The molecule has 156 valence electrons. The lowest BCUT2D eigenvalue weighted by Gasteiger charge is -2.25. The predicted octanol–water partition coefficient (Wildman–Crippen LogP) is 5.42. The molecule has 0 aliphatic rings. The van der Waals surface area contributed by atoms with Crippen LogP contribution in [0, 0.1) is 17.0 Å². The zero-order valence-electron chi connectivity index (χ0n) is 15.6. The third-order valence-electron chi connectivity index (χ3n) is 4.34. The standard InChI is InChI=1S/C20H15BrF3N3O3/c1-12-8-16(15-7-6-14(21)9-17(15)25-12)19(28)26(11-20(22,23)24)10-13-4-2-3-5-18(13)27(29)30/h2-9H,10-11H2,1H3. The molecule has 1 amide bonds. The van der Waals surface area contributed by atoms with Crippen LogP contribution in [0.15, 0.2) is 53.0 Å². The summed E-state index contributed by atoms with van der Waals surface area (Å²) < 4.78 is 40.4. The van der Waals surface area contributed by atoms with Gasteiger partial charge in [-0.1, -0.05) is 40.2 Å². The van der Waals surface area contributed by atoms with Crippen molar-refractivity contribution in [3.8, 4) is 0 Å². The minimum atomic E-state index is -4.68. The number of carbonyl (C=O) groups is 1. The molecule has 0 atom stereocenters. The van der Waals surface area contributed by atoms with Gasteiger partial charge in [0.2, 0.25) is 0 Å². The summed E-state index contributed by atoms with van der Waals surface area (Å²) in [7, 11) is 0. The van der Waals surface area contributed by atoms with Crippen LogP contribution in [-0.2, 0) is 6.54 Å². The summed E-state index contributed by atoms with van der Waals surface area (Å²) >= 11 is 3.31. The highest BCUT2D eigenvalue weighted by Gasteiger charge is 2.35. The van der Waals surface area contributed by atoms with E-state index in [9.17, 15) is 28.1 Å². The van der Waals surface area contributed by atoms with Crippen molar-refractivity contribution in [3.05, 3.63) is 79.9 Å². The number of rotatable bonds is 5.